The summed E-state index contributed by atoms with van der Waals surface area (Å²) in [6.07, 6.45) is 9.58. The van der Waals surface area contributed by atoms with Crippen LogP contribution >= 0.6 is 0 Å². The van der Waals surface area contributed by atoms with Gasteiger partial charge in [0.15, 0.2) is 0 Å². The summed E-state index contributed by atoms with van der Waals surface area (Å²) in [5.41, 5.74) is 0. The molecule has 0 bridgehead atoms. The van der Waals surface area contributed by atoms with E-state index in [4.69, 9.17) is 5.11 Å². The third kappa shape index (κ3) is 11.1. The van der Waals surface area contributed by atoms with Gasteiger partial charge in [0.25, 0.3) is 0 Å². The van der Waals surface area contributed by atoms with Crippen LogP contribution in [-0.2, 0) is 9.59 Å². The van der Waals surface area contributed by atoms with E-state index >= 15 is 0 Å². The first kappa shape index (κ1) is 14.1. The summed E-state index contributed by atoms with van der Waals surface area (Å²) < 4.78 is 0. The number of carbonyl (C=O) groups is 2. The molecule has 1 aliphatic carbocycles. The molecule has 1 N–H and O–H groups in total. The number of carboxylic acid groups (broad SMARTS) is 1. The van der Waals surface area contributed by atoms with Gasteiger partial charge in [-0.1, -0.05) is 45.4 Å². The lowest BCUT2D eigenvalue weighted by atomic mass is 10.0. The number of carboxylic acids is 1. The zero-order valence-electron chi connectivity index (χ0n) is 9.63. The monoisotopic (exact) mass is 214 g/mol. The van der Waals surface area contributed by atoms with Gasteiger partial charge in [0.1, 0.15) is 5.78 Å². The van der Waals surface area contributed by atoms with Gasteiger partial charge in [-0.05, 0) is 0 Å². The van der Waals surface area contributed by atoms with Crippen molar-refractivity contribution in [2.24, 2.45) is 0 Å². The number of hydrogen-bond acceptors (Lipinski definition) is 2. The summed E-state index contributed by atoms with van der Waals surface area (Å²) in [7, 11) is 0. The first-order valence-electron chi connectivity index (χ1n) is 5.90. The van der Waals surface area contributed by atoms with E-state index in [1.54, 1.807) is 6.92 Å². The van der Waals surface area contributed by atoms with Crippen molar-refractivity contribution in [3.63, 3.8) is 0 Å². The third-order valence-corrected chi connectivity index (χ3v) is 2.51. The highest BCUT2D eigenvalue weighted by Gasteiger charge is 2.01. The van der Waals surface area contributed by atoms with Crippen molar-refractivity contribution in [3.05, 3.63) is 0 Å². The van der Waals surface area contributed by atoms with E-state index < -0.39 is 5.97 Å². The minimum atomic E-state index is -0.906. The molecule has 0 aromatic carbocycles. The molecule has 0 radical (unpaired) electrons. The molecule has 0 spiro atoms. The maximum absolute atomic E-state index is 10.5. The molecule has 3 heteroatoms. The maximum atomic E-state index is 10.5. The number of aliphatic carboxylic acids is 1. The average Bonchev–Trinajstić information content (AvgIpc) is 2.29. The Labute approximate surface area is 91.9 Å². The van der Waals surface area contributed by atoms with Crippen LogP contribution in [0.1, 0.15) is 64.7 Å². The van der Waals surface area contributed by atoms with Crippen LogP contribution in [0.5, 0.6) is 0 Å². The number of carbonyl (C=O) groups excluding carboxylic acids is 1. The lowest BCUT2D eigenvalue weighted by Gasteiger charge is -2.05. The normalized spacial score (nSPS) is 15.0. The van der Waals surface area contributed by atoms with Gasteiger partial charge in [0, 0.05) is 12.8 Å². The molecule has 0 atom stereocenters. The molecule has 0 heterocycles. The molecular weight excluding hydrogens is 192 g/mol. The standard InChI is InChI=1S/C6H10O3.C6H12/c1-2-5(7)3-4-6(8)9;1-2-4-6-5-3-1/h2-4H2,1H3,(H,8,9);1-6H2. The number of ketones is 1. The highest BCUT2D eigenvalue weighted by molar-refractivity contribution is 5.82. The SMILES string of the molecule is C1CCCCC1.CCC(=O)CCC(=O)O. The molecule has 0 aromatic heterocycles. The highest BCUT2D eigenvalue weighted by Crippen LogP contribution is 2.15. The Kier molecular flexibility index (Phi) is 9.13. The minimum Gasteiger partial charge on any atom is -0.481 e. The van der Waals surface area contributed by atoms with Crippen LogP contribution in [0.4, 0.5) is 0 Å². The van der Waals surface area contributed by atoms with Gasteiger partial charge < -0.3 is 5.11 Å². The summed E-state index contributed by atoms with van der Waals surface area (Å²) in [5.74, 6) is -0.894. The molecule has 0 saturated heterocycles. The fraction of sp³-hybridized carbons (Fsp3) is 0.833. The Morgan fingerprint density at radius 2 is 1.33 bits per heavy atom. The molecule has 1 aliphatic rings. The first-order valence-corrected chi connectivity index (χ1v) is 5.90. The topological polar surface area (TPSA) is 54.4 Å². The summed E-state index contributed by atoms with van der Waals surface area (Å²) in [5, 5.41) is 8.11. The summed E-state index contributed by atoms with van der Waals surface area (Å²) in [6, 6.07) is 0. The van der Waals surface area contributed by atoms with Gasteiger partial charge in [0.2, 0.25) is 0 Å². The maximum Gasteiger partial charge on any atom is 0.303 e. The molecule has 88 valence electrons. The van der Waals surface area contributed by atoms with Crippen LogP contribution in [0, 0.1) is 0 Å². The van der Waals surface area contributed by atoms with E-state index in [1.807, 2.05) is 0 Å². The quantitative estimate of drug-likeness (QED) is 0.782. The van der Waals surface area contributed by atoms with Crippen LogP contribution in [0.15, 0.2) is 0 Å². The molecule has 3 nitrogen and oxygen atoms in total. The van der Waals surface area contributed by atoms with Crippen LogP contribution in [-0.4, -0.2) is 16.9 Å². The van der Waals surface area contributed by atoms with Crippen molar-refractivity contribution in [2.45, 2.75) is 64.7 Å². The number of rotatable bonds is 4. The average molecular weight is 214 g/mol. The van der Waals surface area contributed by atoms with Crippen molar-refractivity contribution in [1.82, 2.24) is 0 Å². The van der Waals surface area contributed by atoms with E-state index in [0.29, 0.717) is 6.42 Å². The van der Waals surface area contributed by atoms with E-state index in [0.717, 1.165) is 0 Å². The Hall–Kier alpha value is -0.860. The van der Waals surface area contributed by atoms with Crippen molar-refractivity contribution < 1.29 is 14.7 Å². The zero-order valence-corrected chi connectivity index (χ0v) is 9.63. The van der Waals surface area contributed by atoms with E-state index in [9.17, 15) is 9.59 Å². The lowest BCUT2D eigenvalue weighted by molar-refractivity contribution is -0.138. The van der Waals surface area contributed by atoms with Crippen molar-refractivity contribution >= 4 is 11.8 Å². The predicted molar refractivity (Wildman–Crippen MR) is 59.9 cm³/mol. The molecule has 0 amide bonds. The second-order valence-electron chi connectivity index (χ2n) is 3.91. The third-order valence-electron chi connectivity index (χ3n) is 2.51. The zero-order chi connectivity index (χ0) is 11.5. The van der Waals surface area contributed by atoms with Gasteiger partial charge in [-0.2, -0.15) is 0 Å². The first-order chi connectivity index (χ1) is 7.16. The fourth-order valence-corrected chi connectivity index (χ4v) is 1.48. The fourth-order valence-electron chi connectivity index (χ4n) is 1.48. The Morgan fingerprint density at radius 1 is 0.933 bits per heavy atom. The lowest BCUT2D eigenvalue weighted by Crippen LogP contribution is -2.00. The number of Topliss-reactive ketones (excluding diaryl/α,β-unsaturated/α-hetero) is 1. The van der Waals surface area contributed by atoms with E-state index in [-0.39, 0.29) is 18.6 Å². The van der Waals surface area contributed by atoms with Crippen LogP contribution in [0.3, 0.4) is 0 Å². The molecule has 0 aliphatic heterocycles. The Balaban J connectivity index is 0.000000280. The largest absolute Gasteiger partial charge is 0.481 e. The van der Waals surface area contributed by atoms with Gasteiger partial charge in [0.05, 0.1) is 6.42 Å². The smallest absolute Gasteiger partial charge is 0.303 e. The van der Waals surface area contributed by atoms with E-state index in [2.05, 4.69) is 0 Å². The second kappa shape index (κ2) is 9.69. The van der Waals surface area contributed by atoms with Crippen LogP contribution in [0.25, 0.3) is 0 Å². The van der Waals surface area contributed by atoms with Gasteiger partial charge in [-0.3, -0.25) is 9.59 Å². The Bertz CT molecular complexity index is 172. The Morgan fingerprint density at radius 3 is 1.60 bits per heavy atom. The molecule has 1 rings (SSSR count). The van der Waals surface area contributed by atoms with Gasteiger partial charge in [-0.15, -0.1) is 0 Å². The van der Waals surface area contributed by atoms with Gasteiger partial charge in [-0.25, -0.2) is 0 Å². The molecule has 1 saturated carbocycles. The molecule has 1 fully saturated rings. The van der Waals surface area contributed by atoms with Crippen molar-refractivity contribution in [2.75, 3.05) is 0 Å². The summed E-state index contributed by atoms with van der Waals surface area (Å²) in [6.45, 7) is 1.73. The second-order valence-corrected chi connectivity index (χ2v) is 3.91. The summed E-state index contributed by atoms with van der Waals surface area (Å²) >= 11 is 0. The highest BCUT2D eigenvalue weighted by atomic mass is 16.4. The van der Waals surface area contributed by atoms with Crippen LogP contribution in [0.2, 0.25) is 0 Å². The van der Waals surface area contributed by atoms with Crippen LogP contribution < -0.4 is 0 Å². The summed E-state index contributed by atoms with van der Waals surface area (Å²) in [4.78, 5) is 20.3. The number of hydrogen-bond donors (Lipinski definition) is 1. The van der Waals surface area contributed by atoms with E-state index in [1.165, 1.54) is 38.5 Å². The molecular formula is C12H22O3. The van der Waals surface area contributed by atoms with Crippen molar-refractivity contribution in [3.8, 4) is 0 Å². The predicted octanol–water partition coefficient (Wildman–Crippen LogP) is 3.17. The molecule has 0 aromatic rings. The molecule has 0 unspecified atom stereocenters. The minimum absolute atomic E-state index is 0.0115. The van der Waals surface area contributed by atoms with Crippen molar-refractivity contribution in [1.29, 1.82) is 0 Å². The molecule has 15 heavy (non-hydrogen) atoms. The van der Waals surface area contributed by atoms with Gasteiger partial charge >= 0.3 is 5.97 Å².